The van der Waals surface area contributed by atoms with E-state index in [0.717, 1.165) is 39.3 Å². The predicted molar refractivity (Wildman–Crippen MR) is 120 cm³/mol. The number of hydrogen-bond donors (Lipinski definition) is 2. The van der Waals surface area contributed by atoms with Gasteiger partial charge in [-0.15, -0.1) is 11.3 Å². The van der Waals surface area contributed by atoms with Crippen molar-refractivity contribution >= 4 is 28.2 Å². The van der Waals surface area contributed by atoms with Crippen LogP contribution in [0, 0.1) is 0 Å². The highest BCUT2D eigenvalue weighted by molar-refractivity contribution is 7.13. The average Bonchev–Trinajstić information content (AvgIpc) is 3.39. The number of aromatic amines is 1. The zero-order valence-corrected chi connectivity index (χ0v) is 17.9. The fourth-order valence-corrected chi connectivity index (χ4v) is 4.03. The number of ether oxygens (including phenoxy) is 2. The van der Waals surface area contributed by atoms with E-state index < -0.39 is 5.97 Å². The molecule has 4 rings (SSSR count). The molecule has 0 radical (unpaired) electrons. The van der Waals surface area contributed by atoms with E-state index in [0.29, 0.717) is 31.2 Å². The van der Waals surface area contributed by atoms with Crippen molar-refractivity contribution in [1.29, 1.82) is 0 Å². The van der Waals surface area contributed by atoms with Crippen LogP contribution < -0.4 is 9.47 Å². The molecule has 3 heterocycles. The number of nitrogens with zero attached hydrogens (tertiary/aromatic N) is 2. The van der Waals surface area contributed by atoms with E-state index >= 15 is 0 Å². The summed E-state index contributed by atoms with van der Waals surface area (Å²) < 4.78 is 11.5. The molecule has 0 aliphatic carbocycles. The number of rotatable bonds is 10. The maximum Gasteiger partial charge on any atom is 0.309 e. The van der Waals surface area contributed by atoms with Crippen molar-refractivity contribution in [3.8, 4) is 22.2 Å². The standard InChI is InChI=1S/C23H23N3O4S/c1-2-17-14-31-23(26-17)15-4-7-21(24-13-15)30-9-3-8-29-19-5-6-20-16(11-19)10-18(25-20)12-22(27)28/h4-7,10-11,13-14,25H,2-3,8-9,12H2,1H3,(H,27,28). The zero-order chi connectivity index (χ0) is 21.6. The summed E-state index contributed by atoms with van der Waals surface area (Å²) >= 11 is 1.62. The number of pyridine rings is 1. The summed E-state index contributed by atoms with van der Waals surface area (Å²) in [5.74, 6) is 0.461. The first-order chi connectivity index (χ1) is 15.1. The van der Waals surface area contributed by atoms with E-state index in [1.807, 2.05) is 36.4 Å². The lowest BCUT2D eigenvalue weighted by atomic mass is 10.2. The van der Waals surface area contributed by atoms with E-state index in [9.17, 15) is 4.79 Å². The molecule has 160 valence electrons. The summed E-state index contributed by atoms with van der Waals surface area (Å²) in [6.07, 6.45) is 3.40. The van der Waals surface area contributed by atoms with Crippen LogP contribution in [0.25, 0.3) is 21.5 Å². The molecule has 0 aliphatic heterocycles. The van der Waals surface area contributed by atoms with Gasteiger partial charge in [0.2, 0.25) is 5.88 Å². The SMILES string of the molecule is CCc1csc(-c2ccc(OCCCOc3ccc4[nH]c(CC(=O)O)cc4c3)nc2)n1. The molecule has 2 N–H and O–H groups in total. The number of aliphatic carboxylic acids is 1. The third kappa shape index (κ3) is 5.40. The summed E-state index contributed by atoms with van der Waals surface area (Å²) in [6.45, 7) is 3.10. The van der Waals surface area contributed by atoms with Crippen molar-refractivity contribution in [2.45, 2.75) is 26.2 Å². The molecule has 0 saturated carbocycles. The van der Waals surface area contributed by atoms with Crippen LogP contribution in [-0.4, -0.2) is 39.2 Å². The Hall–Kier alpha value is -3.39. The van der Waals surface area contributed by atoms with E-state index in [1.54, 1.807) is 17.5 Å². The van der Waals surface area contributed by atoms with Gasteiger partial charge in [0.25, 0.3) is 0 Å². The van der Waals surface area contributed by atoms with E-state index in [4.69, 9.17) is 14.6 Å². The molecule has 1 aromatic carbocycles. The van der Waals surface area contributed by atoms with Crippen molar-refractivity contribution in [3.05, 3.63) is 59.4 Å². The van der Waals surface area contributed by atoms with Gasteiger partial charge in [0, 0.05) is 46.2 Å². The Balaban J connectivity index is 1.23. The van der Waals surface area contributed by atoms with Gasteiger partial charge in [-0.25, -0.2) is 9.97 Å². The van der Waals surface area contributed by atoms with Crippen molar-refractivity contribution in [1.82, 2.24) is 15.0 Å². The van der Waals surface area contributed by atoms with Crippen LogP contribution in [0.3, 0.4) is 0 Å². The Bertz CT molecular complexity index is 1170. The molecule has 0 bridgehead atoms. The second kappa shape index (κ2) is 9.61. The topological polar surface area (TPSA) is 97.3 Å². The van der Waals surface area contributed by atoms with Crippen LogP contribution >= 0.6 is 11.3 Å². The van der Waals surface area contributed by atoms with Gasteiger partial charge in [-0.3, -0.25) is 4.79 Å². The second-order valence-electron chi connectivity index (χ2n) is 7.05. The number of fused-ring (bicyclic) bond motifs is 1. The molecule has 0 amide bonds. The van der Waals surface area contributed by atoms with Crippen LogP contribution in [0.2, 0.25) is 0 Å². The summed E-state index contributed by atoms with van der Waals surface area (Å²) in [5.41, 5.74) is 3.65. The Kier molecular flexibility index (Phi) is 6.47. The fourth-order valence-electron chi connectivity index (χ4n) is 3.14. The molecule has 3 aromatic heterocycles. The van der Waals surface area contributed by atoms with Crippen molar-refractivity contribution in [3.63, 3.8) is 0 Å². The Morgan fingerprint density at radius 3 is 2.77 bits per heavy atom. The van der Waals surface area contributed by atoms with Gasteiger partial charge in [0.05, 0.1) is 25.3 Å². The summed E-state index contributed by atoms with van der Waals surface area (Å²) in [7, 11) is 0. The summed E-state index contributed by atoms with van der Waals surface area (Å²) in [4.78, 5) is 22.9. The number of aromatic nitrogens is 3. The van der Waals surface area contributed by atoms with E-state index in [-0.39, 0.29) is 6.42 Å². The number of nitrogens with one attached hydrogen (secondary N) is 1. The number of benzene rings is 1. The van der Waals surface area contributed by atoms with Gasteiger partial charge in [0.15, 0.2) is 0 Å². The average molecular weight is 438 g/mol. The first-order valence-electron chi connectivity index (χ1n) is 10.1. The number of carbonyl (C=O) groups is 1. The van der Waals surface area contributed by atoms with Gasteiger partial charge >= 0.3 is 5.97 Å². The smallest absolute Gasteiger partial charge is 0.309 e. The molecular weight excluding hydrogens is 414 g/mol. The van der Waals surface area contributed by atoms with Crippen LogP contribution in [-0.2, 0) is 17.6 Å². The molecular formula is C23H23N3O4S. The van der Waals surface area contributed by atoms with Crippen molar-refractivity contribution < 1.29 is 19.4 Å². The van der Waals surface area contributed by atoms with Gasteiger partial charge in [-0.1, -0.05) is 6.92 Å². The van der Waals surface area contributed by atoms with Crippen molar-refractivity contribution in [2.75, 3.05) is 13.2 Å². The minimum atomic E-state index is -0.860. The summed E-state index contributed by atoms with van der Waals surface area (Å²) in [5, 5.41) is 12.9. The van der Waals surface area contributed by atoms with Gasteiger partial charge in [0.1, 0.15) is 10.8 Å². The minimum Gasteiger partial charge on any atom is -0.493 e. The molecule has 0 unspecified atom stereocenters. The maximum atomic E-state index is 10.8. The highest BCUT2D eigenvalue weighted by Crippen LogP contribution is 2.25. The molecule has 0 aliphatic rings. The summed E-state index contributed by atoms with van der Waals surface area (Å²) in [6, 6.07) is 11.3. The number of carboxylic acid groups (broad SMARTS) is 1. The molecule has 4 aromatic rings. The highest BCUT2D eigenvalue weighted by Gasteiger charge is 2.07. The normalized spacial score (nSPS) is 11.0. The number of H-pyrrole nitrogens is 1. The first kappa shape index (κ1) is 20.9. The lowest BCUT2D eigenvalue weighted by Crippen LogP contribution is -2.05. The monoisotopic (exact) mass is 437 g/mol. The van der Waals surface area contributed by atoms with Crippen LogP contribution in [0.15, 0.2) is 48.0 Å². The van der Waals surface area contributed by atoms with Crippen LogP contribution in [0.5, 0.6) is 11.6 Å². The molecule has 0 atom stereocenters. The van der Waals surface area contributed by atoms with Crippen molar-refractivity contribution in [2.24, 2.45) is 0 Å². The molecule has 0 saturated heterocycles. The van der Waals surface area contributed by atoms with Gasteiger partial charge < -0.3 is 19.6 Å². The Labute approximate surface area is 183 Å². The quantitative estimate of drug-likeness (QED) is 0.348. The van der Waals surface area contributed by atoms with Gasteiger partial charge in [-0.05, 0) is 36.8 Å². The number of aryl methyl sites for hydroxylation is 1. The van der Waals surface area contributed by atoms with Crippen LogP contribution in [0.4, 0.5) is 0 Å². The lowest BCUT2D eigenvalue weighted by Gasteiger charge is -2.08. The van der Waals surface area contributed by atoms with E-state index in [2.05, 4.69) is 27.3 Å². The number of hydrogen-bond acceptors (Lipinski definition) is 6. The highest BCUT2D eigenvalue weighted by atomic mass is 32.1. The Morgan fingerprint density at radius 1 is 1.16 bits per heavy atom. The molecule has 0 spiro atoms. The van der Waals surface area contributed by atoms with E-state index in [1.165, 1.54) is 0 Å². The first-order valence-corrected chi connectivity index (χ1v) is 11.0. The molecule has 0 fully saturated rings. The third-order valence-electron chi connectivity index (χ3n) is 4.69. The second-order valence-corrected chi connectivity index (χ2v) is 7.91. The minimum absolute atomic E-state index is 0.0269. The largest absolute Gasteiger partial charge is 0.493 e. The van der Waals surface area contributed by atoms with Crippen LogP contribution in [0.1, 0.15) is 24.7 Å². The predicted octanol–water partition coefficient (Wildman–Crippen LogP) is 4.72. The van der Waals surface area contributed by atoms with Gasteiger partial charge in [-0.2, -0.15) is 0 Å². The molecule has 31 heavy (non-hydrogen) atoms. The maximum absolute atomic E-state index is 10.8. The zero-order valence-electron chi connectivity index (χ0n) is 17.1. The number of carboxylic acids is 1. The molecule has 8 heteroatoms. The Morgan fingerprint density at radius 2 is 2.03 bits per heavy atom. The fraction of sp³-hybridized carbons (Fsp3) is 0.261. The molecule has 7 nitrogen and oxygen atoms in total. The lowest BCUT2D eigenvalue weighted by molar-refractivity contribution is -0.136. The number of thiazole rings is 1. The third-order valence-corrected chi connectivity index (χ3v) is 5.63.